The molecular formula is C19H12Br2N4O5S. The molecule has 0 aliphatic rings. The average Bonchev–Trinajstić information content (AvgIpc) is 3.30. The highest BCUT2D eigenvalue weighted by atomic mass is 79.9. The Kier molecular flexibility index (Phi) is 5.94. The third-order valence-corrected chi connectivity index (χ3v) is 6.85. The lowest BCUT2D eigenvalue weighted by Gasteiger charge is -2.04. The van der Waals surface area contributed by atoms with Crippen molar-refractivity contribution in [2.45, 2.75) is 6.54 Å². The lowest BCUT2D eigenvalue weighted by atomic mass is 10.2. The summed E-state index contributed by atoms with van der Waals surface area (Å²) >= 11 is 7.83. The van der Waals surface area contributed by atoms with Crippen LogP contribution in [0.3, 0.4) is 0 Å². The number of carbonyl (C=O) groups is 2. The fraction of sp³-hybridized carbons (Fsp3) is 0.0526. The molecule has 4 rings (SSSR count). The summed E-state index contributed by atoms with van der Waals surface area (Å²) in [5, 5.41) is 15.0. The number of hydrogen-bond donors (Lipinski definition) is 4. The number of fused-ring (bicyclic) bond motifs is 1. The van der Waals surface area contributed by atoms with E-state index < -0.39 is 11.2 Å². The van der Waals surface area contributed by atoms with Gasteiger partial charge in [-0.25, -0.2) is 4.98 Å². The van der Waals surface area contributed by atoms with Crippen LogP contribution in [0.1, 0.15) is 26.6 Å². The van der Waals surface area contributed by atoms with Gasteiger partial charge in [-0.3, -0.25) is 19.7 Å². The predicted molar refractivity (Wildman–Crippen MR) is 122 cm³/mol. The maximum atomic E-state index is 12.4. The van der Waals surface area contributed by atoms with Crippen molar-refractivity contribution in [2.75, 3.05) is 5.32 Å². The number of nitrogens with zero attached hydrogens (tertiary/aromatic N) is 1. The Labute approximate surface area is 194 Å². The number of H-pyrrole nitrogens is 1. The van der Waals surface area contributed by atoms with Crippen LogP contribution < -0.4 is 16.1 Å². The van der Waals surface area contributed by atoms with E-state index in [4.69, 9.17) is 4.42 Å². The van der Waals surface area contributed by atoms with Gasteiger partial charge in [-0.15, -0.1) is 0 Å². The molecule has 31 heavy (non-hydrogen) atoms. The van der Waals surface area contributed by atoms with Gasteiger partial charge in [0.15, 0.2) is 10.9 Å². The summed E-state index contributed by atoms with van der Waals surface area (Å²) in [5.74, 6) is -1.01. The van der Waals surface area contributed by atoms with Crippen LogP contribution in [0.2, 0.25) is 0 Å². The molecule has 2 amide bonds. The first-order valence-corrected chi connectivity index (χ1v) is 11.1. The van der Waals surface area contributed by atoms with Gasteiger partial charge >= 0.3 is 0 Å². The Morgan fingerprint density at radius 1 is 1.19 bits per heavy atom. The largest absolute Gasteiger partial charge is 0.502 e. The highest BCUT2D eigenvalue weighted by molar-refractivity contribution is 9.13. The van der Waals surface area contributed by atoms with Crippen molar-refractivity contribution in [3.8, 4) is 5.75 Å². The van der Waals surface area contributed by atoms with Crippen LogP contribution in [0, 0.1) is 0 Å². The van der Waals surface area contributed by atoms with Crippen molar-refractivity contribution < 1.29 is 19.1 Å². The number of rotatable bonds is 5. The number of aromatic hydroxyl groups is 1. The summed E-state index contributed by atoms with van der Waals surface area (Å²) in [7, 11) is 0. The van der Waals surface area contributed by atoms with E-state index in [0.29, 0.717) is 31.2 Å². The molecule has 12 heteroatoms. The Morgan fingerprint density at radius 2 is 2.00 bits per heavy atom. The van der Waals surface area contributed by atoms with E-state index in [2.05, 4.69) is 52.5 Å². The van der Waals surface area contributed by atoms with Crippen molar-refractivity contribution in [3.63, 3.8) is 0 Å². The van der Waals surface area contributed by atoms with Crippen molar-refractivity contribution in [3.05, 3.63) is 72.9 Å². The van der Waals surface area contributed by atoms with Crippen LogP contribution in [0.5, 0.6) is 5.75 Å². The number of amides is 2. The molecule has 0 aliphatic carbocycles. The van der Waals surface area contributed by atoms with Gasteiger partial charge in [-0.05, 0) is 56.1 Å². The number of hydrogen-bond acceptors (Lipinski definition) is 7. The minimum Gasteiger partial charge on any atom is -0.502 e. The number of anilines is 1. The van der Waals surface area contributed by atoms with Crippen molar-refractivity contribution in [1.82, 2.24) is 15.3 Å². The van der Waals surface area contributed by atoms with E-state index in [9.17, 15) is 19.5 Å². The normalized spacial score (nSPS) is 10.9. The highest BCUT2D eigenvalue weighted by Gasteiger charge is 2.15. The summed E-state index contributed by atoms with van der Waals surface area (Å²) in [6.45, 7) is -0.0162. The van der Waals surface area contributed by atoms with E-state index in [0.717, 1.165) is 16.8 Å². The van der Waals surface area contributed by atoms with Gasteiger partial charge in [-0.1, -0.05) is 11.3 Å². The van der Waals surface area contributed by atoms with E-state index in [1.807, 2.05) is 0 Å². The molecule has 4 N–H and O–H groups in total. The minimum absolute atomic E-state index is 0.0162. The topological polar surface area (TPSA) is 137 Å². The monoisotopic (exact) mass is 566 g/mol. The lowest BCUT2D eigenvalue weighted by Crippen LogP contribution is -2.23. The SMILES string of the molecule is O=C(NCc1cc(=O)c(O)co1)c1ccc2nc(NC(=O)c3cc(Br)c(Br)[nH]3)sc2c1. The van der Waals surface area contributed by atoms with Crippen molar-refractivity contribution >= 4 is 70.4 Å². The number of aromatic amines is 1. The molecule has 0 radical (unpaired) electrons. The smallest absolute Gasteiger partial charge is 0.273 e. The molecule has 1 aromatic carbocycles. The average molecular weight is 568 g/mol. The van der Waals surface area contributed by atoms with Crippen LogP contribution in [0.4, 0.5) is 5.13 Å². The molecule has 0 atom stereocenters. The number of nitrogens with one attached hydrogen (secondary N) is 3. The summed E-state index contributed by atoms with van der Waals surface area (Å²) in [5.41, 5.74) is 0.789. The molecule has 158 valence electrons. The predicted octanol–water partition coefficient (Wildman–Crippen LogP) is 3.99. The second-order valence-electron chi connectivity index (χ2n) is 6.28. The molecule has 0 saturated carbocycles. The molecule has 0 saturated heterocycles. The molecule has 0 bridgehead atoms. The van der Waals surface area contributed by atoms with Gasteiger partial charge in [-0.2, -0.15) is 0 Å². The van der Waals surface area contributed by atoms with Gasteiger partial charge in [0.1, 0.15) is 17.7 Å². The second kappa shape index (κ2) is 8.65. The molecule has 0 spiro atoms. The highest BCUT2D eigenvalue weighted by Crippen LogP contribution is 2.28. The molecular weight excluding hydrogens is 556 g/mol. The Hall–Kier alpha value is -2.96. The van der Waals surface area contributed by atoms with Crippen LogP contribution in [-0.4, -0.2) is 26.9 Å². The van der Waals surface area contributed by atoms with Crippen molar-refractivity contribution in [1.29, 1.82) is 0 Å². The zero-order valence-corrected chi connectivity index (χ0v) is 19.4. The molecule has 9 nitrogen and oxygen atoms in total. The van der Waals surface area contributed by atoms with Gasteiger partial charge in [0.25, 0.3) is 11.8 Å². The summed E-state index contributed by atoms with van der Waals surface area (Å²) in [4.78, 5) is 43.5. The molecule has 3 aromatic heterocycles. The Balaban J connectivity index is 1.46. The Morgan fingerprint density at radius 3 is 2.71 bits per heavy atom. The van der Waals surface area contributed by atoms with Gasteiger partial charge in [0.2, 0.25) is 5.43 Å². The standard InChI is InChI=1S/C19H12Br2N4O5S/c20-10-5-12(23-16(10)21)18(29)25-19-24-11-2-1-8(3-15(11)31-19)17(28)22-6-9-4-13(26)14(27)7-30-9/h1-5,7,23,27H,6H2,(H,22,28)(H,24,25,29). The zero-order chi connectivity index (χ0) is 22.1. The van der Waals surface area contributed by atoms with Crippen LogP contribution in [0.25, 0.3) is 10.2 Å². The quantitative estimate of drug-likeness (QED) is 0.288. The maximum absolute atomic E-state index is 12.4. The first-order chi connectivity index (χ1) is 14.8. The fourth-order valence-electron chi connectivity index (χ4n) is 2.62. The molecule has 3 heterocycles. The molecule has 4 aromatic rings. The van der Waals surface area contributed by atoms with E-state index in [1.54, 1.807) is 24.3 Å². The third kappa shape index (κ3) is 4.70. The van der Waals surface area contributed by atoms with Crippen LogP contribution in [0.15, 0.2) is 54.9 Å². The number of benzene rings is 1. The Bertz CT molecular complexity index is 1360. The molecule has 0 aliphatic heterocycles. The van der Waals surface area contributed by atoms with Crippen LogP contribution in [-0.2, 0) is 6.54 Å². The minimum atomic E-state index is -0.588. The first-order valence-electron chi connectivity index (χ1n) is 8.65. The third-order valence-electron chi connectivity index (χ3n) is 4.13. The second-order valence-corrected chi connectivity index (χ2v) is 8.96. The number of carbonyl (C=O) groups excluding carboxylic acids is 2. The first kappa shape index (κ1) is 21.3. The molecule has 0 unspecified atom stereocenters. The van der Waals surface area contributed by atoms with Gasteiger partial charge in [0, 0.05) is 11.6 Å². The van der Waals surface area contributed by atoms with Gasteiger partial charge < -0.3 is 19.8 Å². The fourth-order valence-corrected chi connectivity index (χ4v) is 4.17. The number of thiazole rings is 1. The summed E-state index contributed by atoms with van der Waals surface area (Å²) < 4.78 is 7.16. The van der Waals surface area contributed by atoms with Crippen LogP contribution >= 0.6 is 43.2 Å². The molecule has 0 fully saturated rings. The summed E-state index contributed by atoms with van der Waals surface area (Å²) in [6.07, 6.45) is 0.924. The number of aromatic nitrogens is 2. The van der Waals surface area contributed by atoms with E-state index >= 15 is 0 Å². The van der Waals surface area contributed by atoms with Crippen molar-refractivity contribution in [2.24, 2.45) is 0 Å². The summed E-state index contributed by atoms with van der Waals surface area (Å²) in [6, 6.07) is 7.70. The van der Waals surface area contributed by atoms with E-state index in [-0.39, 0.29) is 24.1 Å². The van der Waals surface area contributed by atoms with Gasteiger partial charge in [0.05, 0.1) is 25.8 Å². The zero-order valence-electron chi connectivity index (χ0n) is 15.4. The number of halogens is 2. The lowest BCUT2D eigenvalue weighted by molar-refractivity contribution is 0.0947. The van der Waals surface area contributed by atoms with E-state index in [1.165, 1.54) is 11.3 Å². The maximum Gasteiger partial charge on any atom is 0.273 e.